The Bertz CT molecular complexity index is 463. The fourth-order valence-corrected chi connectivity index (χ4v) is 3.91. The number of carboxylic acids is 1. The predicted molar refractivity (Wildman–Crippen MR) is 128 cm³/mol. The molecule has 6 nitrogen and oxygen atoms in total. The number of carbonyl (C=O) groups is 2. The van der Waals surface area contributed by atoms with Crippen LogP contribution >= 0.6 is 0 Å². The molecule has 184 valence electrons. The van der Waals surface area contributed by atoms with Crippen LogP contribution in [0.15, 0.2) is 0 Å². The topological polar surface area (TPSA) is 72.5 Å². The average Bonchev–Trinajstić information content (AvgIpc) is 2.69. The van der Waals surface area contributed by atoms with Crippen molar-refractivity contribution in [2.24, 2.45) is 0 Å². The van der Waals surface area contributed by atoms with Gasteiger partial charge in [-0.1, -0.05) is 78.1 Å². The minimum atomic E-state index is -1.01. The highest BCUT2D eigenvalue weighted by atomic mass is 16.4. The zero-order valence-corrected chi connectivity index (χ0v) is 21.2. The lowest BCUT2D eigenvalue weighted by molar-refractivity contribution is -0.889. The van der Waals surface area contributed by atoms with E-state index in [1.807, 2.05) is 26.0 Å². The number of hydrogen-bond acceptors (Lipinski definition) is 3. The first-order chi connectivity index (χ1) is 14.7. The molecule has 0 bridgehead atoms. The van der Waals surface area contributed by atoms with E-state index in [9.17, 15) is 14.7 Å². The number of nitrogens with one attached hydrogen (secondary N) is 1. The fraction of sp³-hybridized carbons (Fsp3) is 0.920. The third-order valence-electron chi connectivity index (χ3n) is 5.99. The average molecular weight is 442 g/mol. The Balaban J connectivity index is 4.48. The van der Waals surface area contributed by atoms with Crippen LogP contribution in [0.25, 0.3) is 0 Å². The van der Waals surface area contributed by atoms with Crippen LogP contribution in [0.5, 0.6) is 0 Å². The number of likely N-dealkylation sites (N-methyl/N-ethyl adjacent to an activating group) is 1. The monoisotopic (exact) mass is 441 g/mol. The molecule has 0 aromatic rings. The van der Waals surface area contributed by atoms with E-state index in [1.165, 1.54) is 51.4 Å². The van der Waals surface area contributed by atoms with E-state index in [4.69, 9.17) is 0 Å². The Hall–Kier alpha value is -1.30. The lowest BCUT2D eigenvalue weighted by atomic mass is 10.1. The number of amides is 2. The molecule has 0 aliphatic carbocycles. The van der Waals surface area contributed by atoms with Crippen molar-refractivity contribution in [3.8, 4) is 0 Å². The van der Waals surface area contributed by atoms with E-state index in [-0.39, 0.29) is 6.03 Å². The van der Waals surface area contributed by atoms with Crippen LogP contribution in [0.4, 0.5) is 4.79 Å². The maximum Gasteiger partial charge on any atom is 0.317 e. The van der Waals surface area contributed by atoms with E-state index in [0.29, 0.717) is 23.9 Å². The first-order valence-corrected chi connectivity index (χ1v) is 12.8. The second-order valence-corrected chi connectivity index (χ2v) is 9.85. The highest BCUT2D eigenvalue weighted by molar-refractivity contribution is 5.74. The van der Waals surface area contributed by atoms with E-state index in [2.05, 4.69) is 19.2 Å². The molecular weight excluding hydrogens is 390 g/mol. The van der Waals surface area contributed by atoms with Crippen LogP contribution in [0.1, 0.15) is 104 Å². The molecule has 0 aromatic carbocycles. The van der Waals surface area contributed by atoms with Crippen LogP contribution in [-0.4, -0.2) is 68.2 Å². The molecular formula is C25H51N3O3. The smallest absolute Gasteiger partial charge is 0.317 e. The molecule has 0 saturated heterocycles. The van der Waals surface area contributed by atoms with E-state index in [1.54, 1.807) is 0 Å². The van der Waals surface area contributed by atoms with Crippen LogP contribution in [0, 0.1) is 0 Å². The molecule has 1 unspecified atom stereocenters. The summed E-state index contributed by atoms with van der Waals surface area (Å²) in [7, 11) is 5.63. The summed E-state index contributed by atoms with van der Waals surface area (Å²) in [6.45, 7) is 6.49. The molecule has 0 heterocycles. The highest BCUT2D eigenvalue weighted by Crippen LogP contribution is 2.12. The molecule has 0 radical (unpaired) electrons. The van der Waals surface area contributed by atoms with Crippen molar-refractivity contribution < 1.29 is 19.2 Å². The molecule has 6 heteroatoms. The quantitative estimate of drug-likeness (QED) is 0.226. The van der Waals surface area contributed by atoms with Crippen molar-refractivity contribution in [3.63, 3.8) is 0 Å². The third-order valence-corrected chi connectivity index (χ3v) is 5.99. The number of aliphatic carboxylic acids is 1. The zero-order chi connectivity index (χ0) is 23.5. The van der Waals surface area contributed by atoms with Crippen LogP contribution in [0.3, 0.4) is 0 Å². The highest BCUT2D eigenvalue weighted by Gasteiger charge is 2.25. The Morgan fingerprint density at radius 3 is 1.77 bits per heavy atom. The van der Waals surface area contributed by atoms with Gasteiger partial charge >= 0.3 is 6.03 Å². The van der Waals surface area contributed by atoms with Gasteiger partial charge in [0.1, 0.15) is 6.04 Å². The third kappa shape index (κ3) is 16.1. The summed E-state index contributed by atoms with van der Waals surface area (Å²) in [5, 5.41) is 14.6. The summed E-state index contributed by atoms with van der Waals surface area (Å²) in [6.07, 6.45) is 15.6. The summed E-state index contributed by atoms with van der Waals surface area (Å²) < 4.78 is 0.337. The Morgan fingerprint density at radius 2 is 1.26 bits per heavy atom. The Labute approximate surface area is 192 Å². The minimum absolute atomic E-state index is 0.00244. The summed E-state index contributed by atoms with van der Waals surface area (Å²) in [5.74, 6) is -1.01. The molecule has 1 atom stereocenters. The molecule has 2 amide bonds. The second kappa shape index (κ2) is 18.3. The van der Waals surface area contributed by atoms with Gasteiger partial charge in [-0.05, 0) is 19.3 Å². The standard InChI is InChI=1S/C25H51N3O3/c1-6-8-10-12-14-16-20-26-25(31)27(21-17-15-13-11-9-7-2)22-18-19-23(24(29)30)28(3,4)5/h23H,6-22H2,1-5H3,(H-,26,29,30,31). The minimum Gasteiger partial charge on any atom is -0.544 e. The van der Waals surface area contributed by atoms with Crippen molar-refractivity contribution in [2.75, 3.05) is 40.8 Å². The molecule has 31 heavy (non-hydrogen) atoms. The second-order valence-electron chi connectivity index (χ2n) is 9.85. The maximum atomic E-state index is 12.7. The van der Waals surface area contributed by atoms with E-state index < -0.39 is 12.0 Å². The Kier molecular flexibility index (Phi) is 17.5. The molecule has 1 N–H and O–H groups in total. The van der Waals surface area contributed by atoms with Crippen LogP contribution in [0.2, 0.25) is 0 Å². The SMILES string of the molecule is CCCCCCCCNC(=O)N(CCCCCCCC)CCCC(C(=O)[O-])[N+](C)(C)C. The van der Waals surface area contributed by atoms with Gasteiger partial charge in [0.25, 0.3) is 0 Å². The number of urea groups is 1. The van der Waals surface area contributed by atoms with Gasteiger partial charge in [0.15, 0.2) is 0 Å². The molecule has 0 saturated carbocycles. The molecule has 0 rings (SSSR count). The van der Waals surface area contributed by atoms with Crippen molar-refractivity contribution in [1.82, 2.24) is 10.2 Å². The number of carboxylic acid groups (broad SMARTS) is 1. The van der Waals surface area contributed by atoms with Crippen molar-refractivity contribution in [1.29, 1.82) is 0 Å². The first-order valence-electron chi connectivity index (χ1n) is 12.8. The Morgan fingerprint density at radius 1 is 0.774 bits per heavy atom. The van der Waals surface area contributed by atoms with Gasteiger partial charge in [0, 0.05) is 26.1 Å². The first kappa shape index (κ1) is 29.7. The van der Waals surface area contributed by atoms with Crippen LogP contribution in [-0.2, 0) is 4.79 Å². The number of carbonyl (C=O) groups excluding carboxylic acids is 2. The molecule has 0 aliphatic heterocycles. The summed E-state index contributed by atoms with van der Waals surface area (Å²) in [6, 6.07) is -0.556. The normalized spacial score (nSPS) is 12.5. The fourth-order valence-electron chi connectivity index (χ4n) is 3.91. The largest absolute Gasteiger partial charge is 0.544 e. The maximum absolute atomic E-state index is 12.7. The summed E-state index contributed by atoms with van der Waals surface area (Å²) in [5.41, 5.74) is 0. The van der Waals surface area contributed by atoms with Crippen LogP contribution < -0.4 is 10.4 Å². The van der Waals surface area contributed by atoms with Gasteiger partial charge in [-0.15, -0.1) is 0 Å². The lowest BCUT2D eigenvalue weighted by Gasteiger charge is -2.35. The number of hydrogen-bond donors (Lipinski definition) is 1. The predicted octanol–water partition coefficient (Wildman–Crippen LogP) is 4.32. The number of unbranched alkanes of at least 4 members (excludes halogenated alkanes) is 10. The van der Waals surface area contributed by atoms with E-state index in [0.717, 1.165) is 38.8 Å². The van der Waals surface area contributed by atoms with E-state index >= 15 is 0 Å². The number of rotatable bonds is 20. The molecule has 0 fully saturated rings. The van der Waals surface area contributed by atoms with Crippen molar-refractivity contribution in [2.45, 2.75) is 110 Å². The number of quaternary nitrogens is 1. The van der Waals surface area contributed by atoms with Gasteiger partial charge in [0.2, 0.25) is 0 Å². The molecule has 0 aliphatic rings. The van der Waals surface area contributed by atoms with Gasteiger partial charge in [-0.3, -0.25) is 0 Å². The van der Waals surface area contributed by atoms with Crippen molar-refractivity contribution >= 4 is 12.0 Å². The van der Waals surface area contributed by atoms with Crippen molar-refractivity contribution in [3.05, 3.63) is 0 Å². The lowest BCUT2D eigenvalue weighted by Crippen LogP contribution is -2.55. The summed E-state index contributed by atoms with van der Waals surface area (Å²) in [4.78, 5) is 26.1. The molecule has 0 aromatic heterocycles. The number of nitrogens with zero attached hydrogens (tertiary/aromatic N) is 2. The van der Waals surface area contributed by atoms with Gasteiger partial charge in [0.05, 0.1) is 27.1 Å². The molecule has 0 spiro atoms. The van der Waals surface area contributed by atoms with Gasteiger partial charge in [-0.25, -0.2) is 4.79 Å². The summed E-state index contributed by atoms with van der Waals surface area (Å²) >= 11 is 0. The van der Waals surface area contributed by atoms with Gasteiger partial charge in [-0.2, -0.15) is 0 Å². The van der Waals surface area contributed by atoms with Gasteiger partial charge < -0.3 is 24.6 Å². The zero-order valence-electron chi connectivity index (χ0n) is 21.2.